The van der Waals surface area contributed by atoms with Crippen LogP contribution < -0.4 is 21.2 Å². The van der Waals surface area contributed by atoms with Gasteiger partial charge in [-0.15, -0.1) is 9.24 Å². The average molecular weight is 625 g/mol. The third-order valence-electron chi connectivity index (χ3n) is 8.70. The Morgan fingerprint density at radius 1 is 0.386 bits per heavy atom. The van der Waals surface area contributed by atoms with Crippen LogP contribution in [0.3, 0.4) is 0 Å². The lowest BCUT2D eigenvalue weighted by atomic mass is 9.71. The van der Waals surface area contributed by atoms with Gasteiger partial charge in [-0.1, -0.05) is 189 Å². The summed E-state index contributed by atoms with van der Waals surface area (Å²) in [6.07, 6.45) is 2.09. The lowest BCUT2D eigenvalue weighted by Crippen LogP contribution is -2.47. The van der Waals surface area contributed by atoms with E-state index in [9.17, 15) is 0 Å². The Hall–Kier alpha value is -3.39. The van der Waals surface area contributed by atoms with Crippen LogP contribution in [0.2, 0.25) is 0 Å². The van der Waals surface area contributed by atoms with E-state index in [1.54, 1.807) is 0 Å². The van der Waals surface area contributed by atoms with Crippen molar-refractivity contribution in [3.63, 3.8) is 0 Å². The van der Waals surface area contributed by atoms with Gasteiger partial charge in [0.25, 0.3) is 0 Å². The van der Waals surface area contributed by atoms with Gasteiger partial charge < -0.3 is 0 Å². The number of hydrogen-bond donors (Lipinski definition) is 0. The minimum atomic E-state index is -0.655. The third-order valence-corrected chi connectivity index (χ3v) is 15.8. The smallest absolute Gasteiger partial charge is 0.0404 e. The molecule has 0 amide bonds. The molecule has 0 aliphatic heterocycles. The van der Waals surface area contributed by atoms with E-state index in [1.807, 2.05) is 0 Å². The van der Waals surface area contributed by atoms with Crippen LogP contribution in [0.1, 0.15) is 18.1 Å². The van der Waals surface area contributed by atoms with Gasteiger partial charge in [0.2, 0.25) is 0 Å². The fraction of sp³-hybridized carbons (Fsp3) is 0.122. The summed E-state index contributed by atoms with van der Waals surface area (Å²) in [6, 6.07) is 67.3. The van der Waals surface area contributed by atoms with Crippen molar-refractivity contribution in [2.24, 2.45) is 5.41 Å². The van der Waals surface area contributed by atoms with Crippen LogP contribution in [-0.4, -0.2) is 12.3 Å². The number of rotatable bonds is 11. The molecule has 1 atom stereocenters. The van der Waals surface area contributed by atoms with Crippen molar-refractivity contribution in [1.29, 1.82) is 0 Å². The van der Waals surface area contributed by atoms with E-state index >= 15 is 0 Å². The SMILES string of the molecule is CC(CP(c1ccccc1)c1ccccc1)(CP(c1ccccc1)c1ccccc1)C(P)(c1ccccc1)c1ccccc1. The minimum Gasteiger partial charge on any atom is -0.121 e. The Morgan fingerprint density at radius 3 is 0.864 bits per heavy atom. The van der Waals surface area contributed by atoms with Crippen molar-refractivity contribution in [3.8, 4) is 0 Å². The van der Waals surface area contributed by atoms with Gasteiger partial charge in [-0.2, -0.15) is 0 Å². The fourth-order valence-corrected chi connectivity index (χ4v) is 13.0. The van der Waals surface area contributed by atoms with Crippen LogP contribution >= 0.6 is 25.1 Å². The van der Waals surface area contributed by atoms with Gasteiger partial charge in [-0.25, -0.2) is 0 Å². The van der Waals surface area contributed by atoms with Crippen LogP contribution in [0.15, 0.2) is 182 Å². The second kappa shape index (κ2) is 14.1. The molecule has 3 heteroatoms. The highest BCUT2D eigenvalue weighted by atomic mass is 31.1. The Kier molecular flexibility index (Phi) is 9.85. The van der Waals surface area contributed by atoms with E-state index in [0.717, 1.165) is 12.3 Å². The molecule has 6 rings (SSSR count). The van der Waals surface area contributed by atoms with E-state index in [-0.39, 0.29) is 10.6 Å². The molecule has 0 saturated carbocycles. The maximum atomic E-state index is 3.44. The normalized spacial score (nSPS) is 12.0. The van der Waals surface area contributed by atoms with Gasteiger partial charge in [0, 0.05) is 5.16 Å². The maximum Gasteiger partial charge on any atom is 0.0404 e. The lowest BCUT2D eigenvalue weighted by molar-refractivity contribution is 0.339. The molecule has 0 heterocycles. The Balaban J connectivity index is 1.59. The monoisotopic (exact) mass is 624 g/mol. The van der Waals surface area contributed by atoms with Crippen LogP contribution in [0.5, 0.6) is 0 Å². The van der Waals surface area contributed by atoms with Gasteiger partial charge in [-0.3, -0.25) is 0 Å². The third kappa shape index (κ3) is 6.51. The van der Waals surface area contributed by atoms with E-state index in [0.29, 0.717) is 0 Å². The van der Waals surface area contributed by atoms with Crippen molar-refractivity contribution in [1.82, 2.24) is 0 Å². The van der Waals surface area contributed by atoms with Crippen LogP contribution in [0.25, 0.3) is 0 Å². The van der Waals surface area contributed by atoms with Crippen molar-refractivity contribution < 1.29 is 0 Å². The Morgan fingerprint density at radius 2 is 0.614 bits per heavy atom. The topological polar surface area (TPSA) is 0 Å². The van der Waals surface area contributed by atoms with Crippen molar-refractivity contribution in [3.05, 3.63) is 193 Å². The largest absolute Gasteiger partial charge is 0.121 e. The molecule has 0 aliphatic carbocycles. The zero-order valence-corrected chi connectivity index (χ0v) is 28.2. The average Bonchev–Trinajstić information content (AvgIpc) is 3.11. The first-order valence-corrected chi connectivity index (χ1v) is 18.9. The van der Waals surface area contributed by atoms with E-state index in [4.69, 9.17) is 0 Å². The molecule has 0 spiro atoms. The molecular formula is C41H39P3. The zero-order valence-electron chi connectivity index (χ0n) is 25.2. The summed E-state index contributed by atoms with van der Waals surface area (Å²) < 4.78 is 0. The summed E-state index contributed by atoms with van der Waals surface area (Å²) in [5.41, 5.74) is 2.52. The molecule has 6 aromatic rings. The number of hydrogen-bond acceptors (Lipinski definition) is 0. The highest BCUT2D eigenvalue weighted by Crippen LogP contribution is 2.60. The van der Waals surface area contributed by atoms with Crippen LogP contribution in [-0.2, 0) is 5.16 Å². The van der Waals surface area contributed by atoms with Gasteiger partial charge in [0.05, 0.1) is 0 Å². The molecule has 218 valence electrons. The molecule has 0 bridgehead atoms. The second-order valence-electron chi connectivity index (χ2n) is 11.6. The van der Waals surface area contributed by atoms with Crippen LogP contribution in [0.4, 0.5) is 0 Å². The summed E-state index contributed by atoms with van der Waals surface area (Å²) in [6.45, 7) is 2.57. The standard InChI is InChI=1S/C41H39P3/c1-40(32-43(36-24-12-4-13-25-36)37-26-14-5-15-27-37,33-44(38-28-16-6-17-29-38)39-30-18-7-19-31-39)41(42,34-20-8-2-9-21-34)35-22-10-3-11-23-35/h2-31H,32-33,42H2,1H3. The molecule has 0 radical (unpaired) electrons. The predicted molar refractivity (Wildman–Crippen MR) is 199 cm³/mol. The van der Waals surface area contributed by atoms with E-state index in [1.165, 1.54) is 32.3 Å². The molecule has 0 nitrogen and oxygen atoms in total. The minimum absolute atomic E-state index is 0.158. The lowest BCUT2D eigenvalue weighted by Gasteiger charge is -2.51. The second-order valence-corrected chi connectivity index (χ2v) is 16.9. The Bertz CT molecular complexity index is 1500. The van der Waals surface area contributed by atoms with Crippen molar-refractivity contribution >= 4 is 46.3 Å². The van der Waals surface area contributed by atoms with E-state index < -0.39 is 15.8 Å². The molecule has 0 N–H and O–H groups in total. The first kappa shape index (κ1) is 30.6. The molecule has 0 aliphatic rings. The maximum absolute atomic E-state index is 3.44. The molecular weight excluding hydrogens is 585 g/mol. The summed E-state index contributed by atoms with van der Waals surface area (Å²) >= 11 is 0. The highest BCUT2D eigenvalue weighted by molar-refractivity contribution is 7.74. The molecule has 6 aromatic carbocycles. The first-order chi connectivity index (χ1) is 21.6. The van der Waals surface area contributed by atoms with Gasteiger partial charge >= 0.3 is 0 Å². The predicted octanol–water partition coefficient (Wildman–Crippen LogP) is 9.08. The summed E-state index contributed by atoms with van der Waals surface area (Å²) in [5, 5.41) is 5.38. The number of benzene rings is 6. The van der Waals surface area contributed by atoms with Gasteiger partial charge in [0.15, 0.2) is 0 Å². The van der Waals surface area contributed by atoms with E-state index in [2.05, 4.69) is 198 Å². The summed E-state index contributed by atoms with van der Waals surface area (Å²) in [4.78, 5) is 0. The molecule has 0 fully saturated rings. The fourth-order valence-electron chi connectivity index (χ4n) is 6.36. The highest BCUT2D eigenvalue weighted by Gasteiger charge is 2.50. The quantitative estimate of drug-likeness (QED) is 0.126. The first-order valence-electron chi connectivity index (χ1n) is 15.2. The zero-order chi connectivity index (χ0) is 30.2. The summed E-state index contributed by atoms with van der Waals surface area (Å²) in [7, 11) is 2.13. The molecule has 44 heavy (non-hydrogen) atoms. The summed E-state index contributed by atoms with van der Waals surface area (Å²) in [5.74, 6) is 0. The molecule has 0 saturated heterocycles. The molecule has 1 unspecified atom stereocenters. The van der Waals surface area contributed by atoms with Crippen molar-refractivity contribution in [2.75, 3.05) is 12.3 Å². The van der Waals surface area contributed by atoms with Gasteiger partial charge in [-0.05, 0) is 65.9 Å². The van der Waals surface area contributed by atoms with Gasteiger partial charge in [0.1, 0.15) is 0 Å². The van der Waals surface area contributed by atoms with Crippen molar-refractivity contribution in [2.45, 2.75) is 12.1 Å². The molecule has 0 aromatic heterocycles. The van der Waals surface area contributed by atoms with Crippen LogP contribution in [0, 0.1) is 5.41 Å². The Labute approximate surface area is 268 Å².